The van der Waals surface area contributed by atoms with Gasteiger partial charge in [-0.15, -0.1) is 0 Å². The number of methoxy groups -OCH3 is 2. The molecule has 0 saturated carbocycles. The van der Waals surface area contributed by atoms with Gasteiger partial charge < -0.3 is 19.5 Å². The van der Waals surface area contributed by atoms with Gasteiger partial charge in [-0.3, -0.25) is 9.36 Å². The minimum Gasteiger partial charge on any atom is -0.497 e. The molecular weight excluding hydrogens is 410 g/mol. The molecule has 0 fully saturated rings. The van der Waals surface area contributed by atoms with Crippen LogP contribution in [0.25, 0.3) is 11.4 Å². The number of fused-ring (bicyclic) bond motifs is 1. The molecule has 0 amide bonds. The van der Waals surface area contributed by atoms with Crippen LogP contribution in [0.4, 0.5) is 5.95 Å². The fourth-order valence-electron chi connectivity index (χ4n) is 3.97. The number of β-amino-alcohol motifs (C(OH)–C–C–N with tert-alkyl or cyclic N) is 1. The molecule has 1 aromatic carbocycles. The largest absolute Gasteiger partial charge is 0.497 e. The van der Waals surface area contributed by atoms with E-state index in [2.05, 4.69) is 23.8 Å². The van der Waals surface area contributed by atoms with E-state index in [9.17, 15) is 9.90 Å². The number of hydrogen-bond acceptors (Lipinski definition) is 8. The third kappa shape index (κ3) is 4.03. The Labute approximate surface area is 186 Å². The first-order valence-corrected chi connectivity index (χ1v) is 10.4. The molecule has 9 nitrogen and oxygen atoms in total. The molecule has 0 spiro atoms. The first-order chi connectivity index (χ1) is 15.3. The van der Waals surface area contributed by atoms with E-state index in [1.54, 1.807) is 49.2 Å². The summed E-state index contributed by atoms with van der Waals surface area (Å²) in [6, 6.07) is 8.52. The molecular formula is C23H27N5O4. The number of benzene rings is 1. The van der Waals surface area contributed by atoms with Crippen LogP contribution in [0, 0.1) is 0 Å². The third-order valence-electron chi connectivity index (χ3n) is 5.91. The number of aliphatic hydroxyl groups is 1. The number of aliphatic hydroxyl groups excluding tert-OH is 1. The van der Waals surface area contributed by atoms with Gasteiger partial charge in [0.2, 0.25) is 5.95 Å². The van der Waals surface area contributed by atoms with Crippen LogP contribution in [0.2, 0.25) is 0 Å². The Bertz CT molecular complexity index is 1160. The summed E-state index contributed by atoms with van der Waals surface area (Å²) in [5.41, 5.74) is 1.20. The van der Waals surface area contributed by atoms with Crippen LogP contribution in [-0.2, 0) is 6.54 Å². The SMILES string of the molecule is COc1ccc(C(O)CN2c3nc(-c4ccncn4)cc(=O)n3CCC2(C)C)c(OC)c1. The second-order valence-electron chi connectivity index (χ2n) is 8.32. The van der Waals surface area contributed by atoms with Crippen LogP contribution in [0.15, 0.2) is 47.7 Å². The summed E-state index contributed by atoms with van der Waals surface area (Å²) in [6.45, 7) is 4.95. The van der Waals surface area contributed by atoms with Gasteiger partial charge in [0.1, 0.15) is 23.9 Å². The molecule has 1 aliphatic heterocycles. The van der Waals surface area contributed by atoms with Crippen molar-refractivity contribution in [2.45, 2.75) is 38.5 Å². The van der Waals surface area contributed by atoms with Gasteiger partial charge >= 0.3 is 0 Å². The normalized spacial score (nSPS) is 15.7. The van der Waals surface area contributed by atoms with Gasteiger partial charge in [0.25, 0.3) is 5.56 Å². The second-order valence-corrected chi connectivity index (χ2v) is 8.32. The number of anilines is 1. The lowest BCUT2D eigenvalue weighted by molar-refractivity contribution is 0.165. The Morgan fingerprint density at radius 2 is 1.97 bits per heavy atom. The van der Waals surface area contributed by atoms with E-state index in [1.807, 2.05) is 4.90 Å². The summed E-state index contributed by atoms with van der Waals surface area (Å²) in [7, 11) is 3.14. The van der Waals surface area contributed by atoms with E-state index in [4.69, 9.17) is 14.5 Å². The predicted octanol–water partition coefficient (Wildman–Crippen LogP) is 2.44. The van der Waals surface area contributed by atoms with Crippen molar-refractivity contribution in [1.29, 1.82) is 0 Å². The van der Waals surface area contributed by atoms with E-state index in [0.717, 1.165) is 6.42 Å². The molecule has 1 N–H and O–H groups in total. The molecule has 0 saturated heterocycles. The highest BCUT2D eigenvalue weighted by Crippen LogP contribution is 2.35. The fraction of sp³-hybridized carbons (Fsp3) is 0.391. The standard InChI is InChI=1S/C23H27N5O4/c1-23(2)8-10-27-21(30)12-18(17-7-9-24-14-25-17)26-22(27)28(23)13-19(29)16-6-5-15(31-3)11-20(16)32-4/h5-7,9,11-12,14,19,29H,8,10,13H2,1-4H3. The van der Waals surface area contributed by atoms with Gasteiger partial charge in [0.05, 0.1) is 32.2 Å². The Kier molecular flexibility index (Phi) is 5.84. The van der Waals surface area contributed by atoms with Crippen molar-refractivity contribution in [2.24, 2.45) is 0 Å². The zero-order valence-corrected chi connectivity index (χ0v) is 18.6. The minimum absolute atomic E-state index is 0.152. The summed E-state index contributed by atoms with van der Waals surface area (Å²) in [6.07, 6.45) is 2.90. The quantitative estimate of drug-likeness (QED) is 0.627. The molecule has 0 bridgehead atoms. The summed E-state index contributed by atoms with van der Waals surface area (Å²) in [4.78, 5) is 27.8. The molecule has 2 aromatic heterocycles. The Morgan fingerprint density at radius 1 is 1.16 bits per heavy atom. The maximum atomic E-state index is 12.9. The monoisotopic (exact) mass is 437 g/mol. The predicted molar refractivity (Wildman–Crippen MR) is 120 cm³/mol. The summed E-state index contributed by atoms with van der Waals surface area (Å²) in [5.74, 6) is 1.69. The van der Waals surface area contributed by atoms with Crippen LogP contribution < -0.4 is 19.9 Å². The number of nitrogens with zero attached hydrogens (tertiary/aromatic N) is 5. The van der Waals surface area contributed by atoms with Crippen molar-refractivity contribution in [3.8, 4) is 22.9 Å². The molecule has 3 heterocycles. The molecule has 0 aliphatic carbocycles. The highest BCUT2D eigenvalue weighted by molar-refractivity contribution is 5.56. The Morgan fingerprint density at radius 3 is 2.66 bits per heavy atom. The number of rotatable bonds is 6. The van der Waals surface area contributed by atoms with Gasteiger partial charge in [0, 0.05) is 36.0 Å². The van der Waals surface area contributed by atoms with Gasteiger partial charge in [-0.25, -0.2) is 15.0 Å². The van der Waals surface area contributed by atoms with Gasteiger partial charge in [-0.1, -0.05) is 0 Å². The number of aromatic nitrogens is 4. The highest BCUT2D eigenvalue weighted by atomic mass is 16.5. The van der Waals surface area contributed by atoms with Gasteiger partial charge in [-0.2, -0.15) is 0 Å². The summed E-state index contributed by atoms with van der Waals surface area (Å²) in [5, 5.41) is 11.2. The van der Waals surface area contributed by atoms with Crippen LogP contribution >= 0.6 is 0 Å². The van der Waals surface area contributed by atoms with Crippen molar-refractivity contribution < 1.29 is 14.6 Å². The van der Waals surface area contributed by atoms with Crippen LogP contribution in [0.5, 0.6) is 11.5 Å². The smallest absolute Gasteiger partial charge is 0.255 e. The van der Waals surface area contributed by atoms with Crippen molar-refractivity contribution in [3.63, 3.8) is 0 Å². The summed E-state index contributed by atoms with van der Waals surface area (Å²) < 4.78 is 12.4. The molecule has 4 rings (SSSR count). The van der Waals surface area contributed by atoms with Crippen LogP contribution in [0.1, 0.15) is 31.9 Å². The van der Waals surface area contributed by atoms with E-state index in [0.29, 0.717) is 40.9 Å². The van der Waals surface area contributed by atoms with Crippen molar-refractivity contribution in [1.82, 2.24) is 19.5 Å². The maximum absolute atomic E-state index is 12.9. The molecule has 3 aromatic rings. The maximum Gasteiger partial charge on any atom is 0.255 e. The zero-order chi connectivity index (χ0) is 22.9. The Balaban J connectivity index is 1.75. The van der Waals surface area contributed by atoms with Crippen molar-refractivity contribution in [2.75, 3.05) is 25.7 Å². The Hall–Kier alpha value is -3.46. The molecule has 1 unspecified atom stereocenters. The highest BCUT2D eigenvalue weighted by Gasteiger charge is 2.36. The molecule has 32 heavy (non-hydrogen) atoms. The topological polar surface area (TPSA) is 103 Å². The summed E-state index contributed by atoms with van der Waals surface area (Å²) >= 11 is 0. The zero-order valence-electron chi connectivity index (χ0n) is 18.6. The van der Waals surface area contributed by atoms with Gasteiger partial charge in [0.15, 0.2) is 0 Å². The molecule has 9 heteroatoms. The average Bonchev–Trinajstić information content (AvgIpc) is 2.80. The van der Waals surface area contributed by atoms with Crippen LogP contribution in [-0.4, -0.2) is 50.9 Å². The average molecular weight is 438 g/mol. The van der Waals surface area contributed by atoms with Crippen molar-refractivity contribution >= 4 is 5.95 Å². The molecule has 0 radical (unpaired) electrons. The fourth-order valence-corrected chi connectivity index (χ4v) is 3.97. The lowest BCUT2D eigenvalue weighted by atomic mass is 9.94. The van der Waals surface area contributed by atoms with Gasteiger partial charge in [-0.05, 0) is 38.5 Å². The first kappa shape index (κ1) is 21.8. The lowest BCUT2D eigenvalue weighted by Crippen LogP contribution is -2.53. The van der Waals surface area contributed by atoms with Crippen LogP contribution in [0.3, 0.4) is 0 Å². The molecule has 168 valence electrons. The number of hydrogen-bond donors (Lipinski definition) is 1. The van der Waals surface area contributed by atoms with Crippen molar-refractivity contribution in [3.05, 3.63) is 58.8 Å². The van der Waals surface area contributed by atoms with E-state index < -0.39 is 6.10 Å². The minimum atomic E-state index is -0.874. The third-order valence-corrected chi connectivity index (χ3v) is 5.91. The molecule has 1 aliphatic rings. The van der Waals surface area contributed by atoms with E-state index in [1.165, 1.54) is 12.4 Å². The van der Waals surface area contributed by atoms with E-state index in [-0.39, 0.29) is 17.6 Å². The molecule has 1 atom stereocenters. The number of ether oxygens (including phenoxy) is 2. The first-order valence-electron chi connectivity index (χ1n) is 10.4. The second kappa shape index (κ2) is 8.58. The lowest BCUT2D eigenvalue weighted by Gasteiger charge is -2.45. The van der Waals surface area contributed by atoms with E-state index >= 15 is 0 Å².